The second kappa shape index (κ2) is 9.56. The van der Waals surface area contributed by atoms with E-state index >= 15 is 0 Å². The van der Waals surface area contributed by atoms with Gasteiger partial charge in [-0.05, 0) is 48.8 Å². The van der Waals surface area contributed by atoms with Crippen molar-refractivity contribution in [3.05, 3.63) is 29.3 Å². The fourth-order valence-electron chi connectivity index (χ4n) is 3.01. The first-order valence-corrected chi connectivity index (χ1v) is 8.62. The Bertz CT molecular complexity index is 498. The third-order valence-corrected chi connectivity index (χ3v) is 4.36. The highest BCUT2D eigenvalue weighted by Gasteiger charge is 2.23. The minimum atomic E-state index is -0.124. The predicted molar refractivity (Wildman–Crippen MR) is 89.8 cm³/mol. The number of carbonyl (C=O) groups is 1. The molecule has 1 aromatic rings. The van der Waals surface area contributed by atoms with Gasteiger partial charge in [0, 0.05) is 13.0 Å². The quantitative estimate of drug-likeness (QED) is 0.515. The van der Waals surface area contributed by atoms with Crippen molar-refractivity contribution in [2.75, 3.05) is 26.9 Å². The summed E-state index contributed by atoms with van der Waals surface area (Å²) in [5.41, 5.74) is 2.59. The Balaban J connectivity index is 1.88. The number of ether oxygens (including phenoxy) is 3. The molecule has 0 spiro atoms. The van der Waals surface area contributed by atoms with Crippen LogP contribution in [0.3, 0.4) is 0 Å². The Hall–Kier alpha value is -1.55. The lowest BCUT2D eigenvalue weighted by Gasteiger charge is -2.25. The van der Waals surface area contributed by atoms with Gasteiger partial charge in [0.05, 0.1) is 13.7 Å². The highest BCUT2D eigenvalue weighted by Crippen LogP contribution is 2.33. The van der Waals surface area contributed by atoms with Crippen LogP contribution in [0.1, 0.15) is 43.7 Å². The highest BCUT2D eigenvalue weighted by molar-refractivity contribution is 5.69. The molecular formula is C19H28O4. The lowest BCUT2D eigenvalue weighted by Crippen LogP contribution is -2.19. The zero-order chi connectivity index (χ0) is 16.5. The van der Waals surface area contributed by atoms with E-state index in [0.29, 0.717) is 25.6 Å². The number of methoxy groups -OCH3 is 1. The SMILES string of the molecule is CCCCOCCOc1cccc2c1CC(CC(=O)OC)CC2. The van der Waals surface area contributed by atoms with Gasteiger partial charge in [-0.15, -0.1) is 0 Å². The van der Waals surface area contributed by atoms with Crippen molar-refractivity contribution < 1.29 is 19.0 Å². The predicted octanol–water partition coefficient (Wildman–Crippen LogP) is 3.55. The zero-order valence-electron chi connectivity index (χ0n) is 14.3. The van der Waals surface area contributed by atoms with E-state index < -0.39 is 0 Å². The molecule has 23 heavy (non-hydrogen) atoms. The van der Waals surface area contributed by atoms with Crippen molar-refractivity contribution >= 4 is 5.97 Å². The van der Waals surface area contributed by atoms with Gasteiger partial charge in [0.15, 0.2) is 0 Å². The van der Waals surface area contributed by atoms with Crippen LogP contribution in [0.4, 0.5) is 0 Å². The lowest BCUT2D eigenvalue weighted by molar-refractivity contribution is -0.141. The maximum absolute atomic E-state index is 11.5. The average molecular weight is 320 g/mol. The maximum Gasteiger partial charge on any atom is 0.305 e. The summed E-state index contributed by atoms with van der Waals surface area (Å²) in [5.74, 6) is 1.16. The third kappa shape index (κ3) is 5.54. The van der Waals surface area contributed by atoms with Gasteiger partial charge >= 0.3 is 5.97 Å². The Morgan fingerprint density at radius 2 is 2.13 bits per heavy atom. The van der Waals surface area contributed by atoms with Crippen LogP contribution in [0.5, 0.6) is 5.75 Å². The molecule has 1 unspecified atom stereocenters. The van der Waals surface area contributed by atoms with Gasteiger partial charge < -0.3 is 14.2 Å². The van der Waals surface area contributed by atoms with Gasteiger partial charge in [-0.25, -0.2) is 0 Å². The topological polar surface area (TPSA) is 44.8 Å². The number of fused-ring (bicyclic) bond motifs is 1. The van der Waals surface area contributed by atoms with E-state index in [-0.39, 0.29) is 5.97 Å². The van der Waals surface area contributed by atoms with Gasteiger partial charge in [0.2, 0.25) is 0 Å². The van der Waals surface area contributed by atoms with E-state index in [1.807, 2.05) is 12.1 Å². The molecule has 0 saturated heterocycles. The van der Waals surface area contributed by atoms with Crippen LogP contribution in [0.25, 0.3) is 0 Å². The molecule has 2 rings (SSSR count). The van der Waals surface area contributed by atoms with E-state index in [9.17, 15) is 4.79 Å². The van der Waals surface area contributed by atoms with Gasteiger partial charge in [0.1, 0.15) is 12.4 Å². The summed E-state index contributed by atoms with van der Waals surface area (Å²) in [6, 6.07) is 6.23. The second-order valence-electron chi connectivity index (χ2n) is 6.10. The number of hydrogen-bond donors (Lipinski definition) is 0. The van der Waals surface area contributed by atoms with Crippen molar-refractivity contribution in [2.24, 2.45) is 5.92 Å². The van der Waals surface area contributed by atoms with Crippen molar-refractivity contribution in [1.29, 1.82) is 0 Å². The van der Waals surface area contributed by atoms with Gasteiger partial charge in [-0.3, -0.25) is 4.79 Å². The summed E-state index contributed by atoms with van der Waals surface area (Å²) in [6.45, 7) is 4.14. The fourth-order valence-corrected chi connectivity index (χ4v) is 3.01. The minimum Gasteiger partial charge on any atom is -0.491 e. The Morgan fingerprint density at radius 3 is 2.91 bits per heavy atom. The van der Waals surface area contributed by atoms with Crippen molar-refractivity contribution in [3.63, 3.8) is 0 Å². The fraction of sp³-hybridized carbons (Fsp3) is 0.632. The summed E-state index contributed by atoms with van der Waals surface area (Å²) < 4.78 is 16.3. The number of carbonyl (C=O) groups excluding carboxylic acids is 1. The number of esters is 1. The zero-order valence-corrected chi connectivity index (χ0v) is 14.3. The average Bonchev–Trinajstić information content (AvgIpc) is 2.58. The van der Waals surface area contributed by atoms with Crippen LogP contribution in [0.2, 0.25) is 0 Å². The molecule has 128 valence electrons. The Labute approximate surface area is 139 Å². The molecule has 0 amide bonds. The summed E-state index contributed by atoms with van der Waals surface area (Å²) in [6.07, 6.45) is 5.65. The number of benzene rings is 1. The standard InChI is InChI=1S/C19H28O4/c1-3-4-10-22-11-12-23-18-7-5-6-16-9-8-15(13-17(16)18)14-19(20)21-2/h5-7,15H,3-4,8-14H2,1-2H3. The maximum atomic E-state index is 11.5. The van der Waals surface area contributed by atoms with Crippen LogP contribution >= 0.6 is 0 Å². The number of rotatable bonds is 9. The summed E-state index contributed by atoms with van der Waals surface area (Å²) >= 11 is 0. The molecule has 0 aromatic heterocycles. The summed E-state index contributed by atoms with van der Waals surface area (Å²) in [5, 5.41) is 0. The van der Waals surface area contributed by atoms with Crippen molar-refractivity contribution in [3.8, 4) is 5.75 Å². The molecule has 1 aliphatic carbocycles. The van der Waals surface area contributed by atoms with Crippen LogP contribution in [-0.4, -0.2) is 32.9 Å². The molecule has 1 aromatic carbocycles. The van der Waals surface area contributed by atoms with Crippen molar-refractivity contribution in [2.45, 2.75) is 45.4 Å². The molecular weight excluding hydrogens is 292 g/mol. The molecule has 0 saturated carbocycles. The van der Waals surface area contributed by atoms with Gasteiger partial charge in [-0.2, -0.15) is 0 Å². The monoisotopic (exact) mass is 320 g/mol. The summed E-state index contributed by atoms with van der Waals surface area (Å²) in [4.78, 5) is 11.5. The van der Waals surface area contributed by atoms with E-state index in [0.717, 1.165) is 44.5 Å². The first-order valence-electron chi connectivity index (χ1n) is 8.62. The largest absolute Gasteiger partial charge is 0.491 e. The van der Waals surface area contributed by atoms with E-state index in [1.165, 1.54) is 18.2 Å². The van der Waals surface area contributed by atoms with Crippen LogP contribution in [0.15, 0.2) is 18.2 Å². The molecule has 0 heterocycles. The van der Waals surface area contributed by atoms with Gasteiger partial charge in [-0.1, -0.05) is 25.5 Å². The van der Waals surface area contributed by atoms with Crippen LogP contribution < -0.4 is 4.74 Å². The van der Waals surface area contributed by atoms with Gasteiger partial charge in [0.25, 0.3) is 0 Å². The number of hydrogen-bond acceptors (Lipinski definition) is 4. The molecule has 0 fully saturated rings. The first kappa shape index (κ1) is 17.8. The normalized spacial score (nSPS) is 16.7. The summed E-state index contributed by atoms with van der Waals surface area (Å²) in [7, 11) is 1.45. The van der Waals surface area contributed by atoms with Crippen LogP contribution in [0, 0.1) is 5.92 Å². The number of aryl methyl sites for hydroxylation is 1. The molecule has 0 radical (unpaired) electrons. The first-order chi connectivity index (χ1) is 11.2. The van der Waals surface area contributed by atoms with E-state index in [2.05, 4.69) is 13.0 Å². The van der Waals surface area contributed by atoms with E-state index in [1.54, 1.807) is 0 Å². The molecule has 0 bridgehead atoms. The van der Waals surface area contributed by atoms with E-state index in [4.69, 9.17) is 14.2 Å². The highest BCUT2D eigenvalue weighted by atomic mass is 16.5. The molecule has 4 nitrogen and oxygen atoms in total. The molecule has 4 heteroatoms. The Kier molecular flexibility index (Phi) is 7.40. The molecule has 1 aliphatic rings. The second-order valence-corrected chi connectivity index (χ2v) is 6.10. The third-order valence-electron chi connectivity index (χ3n) is 4.36. The smallest absolute Gasteiger partial charge is 0.305 e. The van der Waals surface area contributed by atoms with Crippen LogP contribution in [-0.2, 0) is 27.1 Å². The number of unbranched alkanes of at least 4 members (excludes halogenated alkanes) is 1. The molecule has 0 N–H and O–H groups in total. The Morgan fingerprint density at radius 1 is 1.26 bits per heavy atom. The minimum absolute atomic E-state index is 0.124. The molecule has 0 aliphatic heterocycles. The van der Waals surface area contributed by atoms with Crippen molar-refractivity contribution in [1.82, 2.24) is 0 Å². The lowest BCUT2D eigenvalue weighted by atomic mass is 9.82. The molecule has 1 atom stereocenters.